The van der Waals surface area contributed by atoms with Crippen molar-refractivity contribution >= 4 is 35.0 Å². The molecule has 2 rings (SSSR count). The number of hydrogen-bond donors (Lipinski definition) is 1. The molecule has 0 spiro atoms. The predicted molar refractivity (Wildman–Crippen MR) is 72.9 cm³/mol. The molecule has 0 bridgehead atoms. The molecule has 0 aliphatic heterocycles. The third kappa shape index (κ3) is 3.24. The number of rotatable bonds is 4. The summed E-state index contributed by atoms with van der Waals surface area (Å²) in [5, 5.41) is 3.14. The molecule has 0 unspecified atom stereocenters. The van der Waals surface area contributed by atoms with Crippen LogP contribution in [-0.4, -0.2) is 28.3 Å². The number of benzene rings is 1. The van der Waals surface area contributed by atoms with Crippen molar-refractivity contribution in [3.63, 3.8) is 0 Å². The van der Waals surface area contributed by atoms with Gasteiger partial charge in [-0.15, -0.1) is 11.8 Å². The van der Waals surface area contributed by atoms with E-state index in [-0.39, 0.29) is 11.3 Å². The van der Waals surface area contributed by atoms with Crippen LogP contribution in [0.2, 0.25) is 5.28 Å². The Labute approximate surface area is 114 Å². The SMILES string of the molecule is COc1nc(Cl)nc(Nc2cccc(SC)c2)n1. The van der Waals surface area contributed by atoms with Crippen LogP contribution in [0.4, 0.5) is 11.6 Å². The largest absolute Gasteiger partial charge is 0.467 e. The van der Waals surface area contributed by atoms with Gasteiger partial charge in [0.2, 0.25) is 11.2 Å². The molecule has 0 saturated heterocycles. The lowest BCUT2D eigenvalue weighted by Crippen LogP contribution is -2.01. The van der Waals surface area contributed by atoms with Gasteiger partial charge in [-0.2, -0.15) is 15.0 Å². The Kier molecular flexibility index (Phi) is 4.22. The molecular weight excluding hydrogens is 272 g/mol. The number of nitrogens with one attached hydrogen (secondary N) is 1. The average Bonchev–Trinajstić information content (AvgIpc) is 2.38. The Morgan fingerprint density at radius 2 is 2.11 bits per heavy atom. The van der Waals surface area contributed by atoms with E-state index in [2.05, 4.69) is 20.3 Å². The van der Waals surface area contributed by atoms with Crippen LogP contribution < -0.4 is 10.1 Å². The summed E-state index contributed by atoms with van der Waals surface area (Å²) in [7, 11) is 1.48. The van der Waals surface area contributed by atoms with Crippen molar-refractivity contribution in [3.05, 3.63) is 29.5 Å². The first-order valence-electron chi connectivity index (χ1n) is 5.08. The molecule has 1 heterocycles. The van der Waals surface area contributed by atoms with Crippen molar-refractivity contribution < 1.29 is 4.74 Å². The number of methoxy groups -OCH3 is 1. The lowest BCUT2D eigenvalue weighted by molar-refractivity contribution is 0.379. The Bertz CT molecular complexity index is 552. The van der Waals surface area contributed by atoms with Crippen LogP contribution in [0.1, 0.15) is 0 Å². The van der Waals surface area contributed by atoms with Gasteiger partial charge in [-0.1, -0.05) is 6.07 Å². The van der Waals surface area contributed by atoms with E-state index in [1.54, 1.807) is 11.8 Å². The van der Waals surface area contributed by atoms with Gasteiger partial charge in [-0.3, -0.25) is 0 Å². The van der Waals surface area contributed by atoms with Gasteiger partial charge >= 0.3 is 6.01 Å². The predicted octanol–water partition coefficient (Wildman–Crippen LogP) is 3.00. The number of ether oxygens (including phenoxy) is 1. The Hall–Kier alpha value is -1.53. The Balaban J connectivity index is 2.24. The first-order chi connectivity index (χ1) is 8.71. The zero-order chi connectivity index (χ0) is 13.0. The number of nitrogens with zero attached hydrogens (tertiary/aromatic N) is 3. The minimum absolute atomic E-state index is 0.0883. The Morgan fingerprint density at radius 3 is 2.83 bits per heavy atom. The molecule has 0 aliphatic carbocycles. The molecule has 0 radical (unpaired) electrons. The number of anilines is 2. The summed E-state index contributed by atoms with van der Waals surface area (Å²) >= 11 is 7.43. The average molecular weight is 283 g/mol. The monoisotopic (exact) mass is 282 g/mol. The standard InChI is InChI=1S/C11H11ClN4OS/c1-17-11-15-9(12)14-10(16-11)13-7-4-3-5-8(6-7)18-2/h3-6H,1-2H3,(H,13,14,15,16). The van der Waals surface area contributed by atoms with Gasteiger partial charge in [-0.05, 0) is 36.1 Å². The highest BCUT2D eigenvalue weighted by Crippen LogP contribution is 2.21. The number of aromatic nitrogens is 3. The van der Waals surface area contributed by atoms with Gasteiger partial charge in [0, 0.05) is 10.6 Å². The molecule has 2 aromatic rings. The molecule has 0 aliphatic rings. The fourth-order valence-corrected chi connectivity index (χ4v) is 1.92. The fourth-order valence-electron chi connectivity index (χ4n) is 1.31. The van der Waals surface area contributed by atoms with Crippen molar-refractivity contribution in [1.82, 2.24) is 15.0 Å². The highest BCUT2D eigenvalue weighted by molar-refractivity contribution is 7.98. The van der Waals surface area contributed by atoms with Crippen molar-refractivity contribution in [1.29, 1.82) is 0 Å². The zero-order valence-corrected chi connectivity index (χ0v) is 11.4. The van der Waals surface area contributed by atoms with Gasteiger partial charge in [0.15, 0.2) is 0 Å². The van der Waals surface area contributed by atoms with Gasteiger partial charge in [0.25, 0.3) is 0 Å². The van der Waals surface area contributed by atoms with Crippen LogP contribution in [0.25, 0.3) is 0 Å². The molecular formula is C11H11ClN4OS. The molecule has 18 heavy (non-hydrogen) atoms. The maximum absolute atomic E-state index is 5.77. The molecule has 0 saturated carbocycles. The molecule has 5 nitrogen and oxygen atoms in total. The van der Waals surface area contributed by atoms with Crippen LogP contribution in [0.15, 0.2) is 29.2 Å². The molecule has 0 fully saturated rings. The highest BCUT2D eigenvalue weighted by atomic mass is 35.5. The first kappa shape index (κ1) is 12.9. The van der Waals surface area contributed by atoms with E-state index in [1.165, 1.54) is 7.11 Å². The van der Waals surface area contributed by atoms with E-state index in [4.69, 9.17) is 16.3 Å². The summed E-state index contributed by atoms with van der Waals surface area (Å²) in [6.07, 6.45) is 2.02. The minimum atomic E-state index is 0.0883. The van der Waals surface area contributed by atoms with Crippen LogP contribution >= 0.6 is 23.4 Å². The Morgan fingerprint density at radius 1 is 1.28 bits per heavy atom. The normalized spacial score (nSPS) is 10.2. The quantitative estimate of drug-likeness (QED) is 0.870. The van der Waals surface area contributed by atoms with E-state index in [0.29, 0.717) is 5.95 Å². The lowest BCUT2D eigenvalue weighted by Gasteiger charge is -2.07. The summed E-state index contributed by atoms with van der Waals surface area (Å²) in [4.78, 5) is 13.0. The van der Waals surface area contributed by atoms with Crippen LogP contribution in [0.5, 0.6) is 6.01 Å². The molecule has 1 N–H and O–H groups in total. The van der Waals surface area contributed by atoms with Crippen molar-refractivity contribution in [3.8, 4) is 6.01 Å². The third-order valence-corrected chi connectivity index (χ3v) is 2.99. The summed E-state index contributed by atoms with van der Waals surface area (Å²) < 4.78 is 4.93. The minimum Gasteiger partial charge on any atom is -0.467 e. The van der Waals surface area contributed by atoms with Crippen LogP contribution in [-0.2, 0) is 0 Å². The summed E-state index contributed by atoms with van der Waals surface area (Å²) in [6, 6.07) is 8.07. The topological polar surface area (TPSA) is 59.9 Å². The maximum Gasteiger partial charge on any atom is 0.322 e. The van der Waals surface area contributed by atoms with Gasteiger partial charge in [0.05, 0.1) is 7.11 Å². The van der Waals surface area contributed by atoms with Crippen LogP contribution in [0, 0.1) is 0 Å². The smallest absolute Gasteiger partial charge is 0.322 e. The summed E-state index contributed by atoms with van der Waals surface area (Å²) in [6.45, 7) is 0. The highest BCUT2D eigenvalue weighted by Gasteiger charge is 2.05. The van der Waals surface area contributed by atoms with Gasteiger partial charge in [-0.25, -0.2) is 0 Å². The summed E-state index contributed by atoms with van der Waals surface area (Å²) in [5.41, 5.74) is 0.881. The second kappa shape index (κ2) is 5.88. The maximum atomic E-state index is 5.77. The number of halogens is 1. The van der Waals surface area contributed by atoms with E-state index >= 15 is 0 Å². The molecule has 7 heteroatoms. The van der Waals surface area contributed by atoms with E-state index in [9.17, 15) is 0 Å². The molecule has 0 amide bonds. The van der Waals surface area contributed by atoms with Crippen molar-refractivity contribution in [2.75, 3.05) is 18.7 Å². The van der Waals surface area contributed by atoms with Gasteiger partial charge < -0.3 is 10.1 Å². The van der Waals surface area contributed by atoms with E-state index in [0.717, 1.165) is 10.6 Å². The van der Waals surface area contributed by atoms with Crippen molar-refractivity contribution in [2.24, 2.45) is 0 Å². The first-order valence-corrected chi connectivity index (χ1v) is 6.68. The van der Waals surface area contributed by atoms with Crippen molar-refractivity contribution in [2.45, 2.75) is 4.90 Å². The lowest BCUT2D eigenvalue weighted by atomic mass is 10.3. The van der Waals surface area contributed by atoms with E-state index in [1.807, 2.05) is 30.5 Å². The molecule has 94 valence electrons. The molecule has 1 aromatic carbocycles. The number of thioether (sulfide) groups is 1. The second-order valence-electron chi connectivity index (χ2n) is 3.27. The second-order valence-corrected chi connectivity index (χ2v) is 4.49. The molecule has 1 aromatic heterocycles. The molecule has 0 atom stereocenters. The summed E-state index contributed by atoms with van der Waals surface area (Å²) in [5.74, 6) is 0.352. The zero-order valence-electron chi connectivity index (χ0n) is 9.85. The van der Waals surface area contributed by atoms with E-state index < -0.39 is 0 Å². The third-order valence-electron chi connectivity index (χ3n) is 2.10. The number of hydrogen-bond acceptors (Lipinski definition) is 6. The van der Waals surface area contributed by atoms with Gasteiger partial charge in [0.1, 0.15) is 0 Å². The van der Waals surface area contributed by atoms with Crippen LogP contribution in [0.3, 0.4) is 0 Å². The fraction of sp³-hybridized carbons (Fsp3) is 0.182.